The number of carbonyl (C=O) groups excluding carboxylic acids is 2. The first-order chi connectivity index (χ1) is 16.3. The van der Waals surface area contributed by atoms with Gasteiger partial charge in [-0.1, -0.05) is 6.07 Å². The first-order valence-electron chi connectivity index (χ1n) is 11.0. The van der Waals surface area contributed by atoms with Crippen molar-refractivity contribution in [3.63, 3.8) is 0 Å². The minimum Gasteiger partial charge on any atom is -0.497 e. The van der Waals surface area contributed by atoms with Gasteiger partial charge in [0.25, 0.3) is 5.91 Å². The second kappa shape index (κ2) is 10.0. The van der Waals surface area contributed by atoms with Gasteiger partial charge in [0.05, 0.1) is 31.2 Å². The lowest BCUT2D eigenvalue weighted by atomic mass is 9.94. The normalized spacial score (nSPS) is 21.8. The monoisotopic (exact) mass is 469 g/mol. The minimum absolute atomic E-state index is 0.0790. The molecule has 1 fully saturated rings. The van der Waals surface area contributed by atoms with Crippen LogP contribution in [0.4, 0.5) is 16.2 Å². The number of rotatable bonds is 5. The molecule has 0 aromatic heterocycles. The number of carbonyl (C=O) groups is 3. The van der Waals surface area contributed by atoms with E-state index < -0.39 is 24.2 Å². The van der Waals surface area contributed by atoms with Gasteiger partial charge in [-0.2, -0.15) is 0 Å². The number of ether oxygens (including phenoxy) is 3. The molecular weight excluding hydrogens is 442 g/mol. The van der Waals surface area contributed by atoms with E-state index in [2.05, 4.69) is 10.6 Å². The molecule has 4 rings (SSSR count). The maximum Gasteiger partial charge on any atom is 0.323 e. The van der Waals surface area contributed by atoms with Gasteiger partial charge in [0.15, 0.2) is 0 Å². The van der Waals surface area contributed by atoms with Gasteiger partial charge in [-0.15, -0.1) is 0 Å². The topological polar surface area (TPSA) is 126 Å². The van der Waals surface area contributed by atoms with Gasteiger partial charge in [-0.05, 0) is 43.2 Å². The van der Waals surface area contributed by atoms with Crippen LogP contribution in [-0.4, -0.2) is 66.9 Å². The summed E-state index contributed by atoms with van der Waals surface area (Å²) < 4.78 is 17.0. The van der Waals surface area contributed by atoms with E-state index in [-0.39, 0.29) is 25.0 Å². The van der Waals surface area contributed by atoms with E-state index in [0.29, 0.717) is 41.3 Å². The molecule has 0 saturated carbocycles. The Bertz CT molecular complexity index is 1090. The fraction of sp³-hybridized carbons (Fsp3) is 0.375. The second-order valence-corrected chi connectivity index (χ2v) is 8.29. The molecule has 3 N–H and O–H groups in total. The third-order valence-electron chi connectivity index (χ3n) is 6.00. The van der Waals surface area contributed by atoms with Gasteiger partial charge in [-0.25, -0.2) is 4.79 Å². The Hall–Kier alpha value is -3.79. The van der Waals surface area contributed by atoms with E-state index in [0.717, 1.165) is 0 Å². The highest BCUT2D eigenvalue weighted by atomic mass is 16.5. The number of nitrogens with one attached hydrogen (secondary N) is 2. The quantitative estimate of drug-likeness (QED) is 0.614. The van der Waals surface area contributed by atoms with Crippen molar-refractivity contribution in [1.29, 1.82) is 0 Å². The molecule has 0 unspecified atom stereocenters. The molecule has 2 aliphatic heterocycles. The standard InChI is InChI=1S/C24H27N3O7/c1-27-19-8-7-17(12-22(28)29)34-21(19)13-33-20-9-6-15(11-18(20)23(27)30)26-24(31)25-14-4-3-5-16(10-14)32-2/h3-6,9-11,17,19,21H,7-8,12-13H2,1-2H3,(H,28,29)(H2,25,26,31)/t17-,19-,21-/m1/s1. The Labute approximate surface area is 196 Å². The Morgan fingerprint density at radius 1 is 1.15 bits per heavy atom. The largest absolute Gasteiger partial charge is 0.497 e. The molecule has 2 aromatic carbocycles. The molecule has 2 aromatic rings. The second-order valence-electron chi connectivity index (χ2n) is 8.29. The number of hydrogen-bond acceptors (Lipinski definition) is 6. The van der Waals surface area contributed by atoms with E-state index in [9.17, 15) is 14.4 Å². The van der Waals surface area contributed by atoms with Crippen LogP contribution in [0.5, 0.6) is 11.5 Å². The van der Waals surface area contributed by atoms with E-state index in [1.165, 1.54) is 0 Å². The van der Waals surface area contributed by atoms with Crippen LogP contribution in [-0.2, 0) is 9.53 Å². The molecule has 3 atom stereocenters. The third-order valence-corrected chi connectivity index (χ3v) is 6.00. The molecule has 2 aliphatic rings. The number of carboxylic acid groups (broad SMARTS) is 1. The van der Waals surface area contributed by atoms with Crippen molar-refractivity contribution in [2.45, 2.75) is 37.5 Å². The number of urea groups is 1. The van der Waals surface area contributed by atoms with Crippen molar-refractivity contribution in [2.75, 3.05) is 31.4 Å². The molecule has 34 heavy (non-hydrogen) atoms. The average molecular weight is 469 g/mol. The Morgan fingerprint density at radius 3 is 2.65 bits per heavy atom. The van der Waals surface area contributed by atoms with Crippen LogP contribution < -0.4 is 20.1 Å². The molecule has 0 radical (unpaired) electrons. The molecule has 1 saturated heterocycles. The van der Waals surface area contributed by atoms with Crippen molar-refractivity contribution < 1.29 is 33.7 Å². The van der Waals surface area contributed by atoms with Crippen LogP contribution in [0.15, 0.2) is 42.5 Å². The zero-order valence-electron chi connectivity index (χ0n) is 18.9. The molecule has 0 bridgehead atoms. The third kappa shape index (κ3) is 5.23. The number of likely N-dealkylation sites (N-methyl/N-ethyl adjacent to an activating group) is 1. The zero-order valence-corrected chi connectivity index (χ0v) is 18.9. The molecule has 10 nitrogen and oxygen atoms in total. The summed E-state index contributed by atoms with van der Waals surface area (Å²) in [7, 11) is 3.24. The average Bonchev–Trinajstić information content (AvgIpc) is 2.81. The lowest BCUT2D eigenvalue weighted by Gasteiger charge is -2.42. The first-order valence-corrected chi connectivity index (χ1v) is 11.0. The van der Waals surface area contributed by atoms with Gasteiger partial charge < -0.3 is 34.9 Å². The van der Waals surface area contributed by atoms with Crippen LogP contribution in [0.2, 0.25) is 0 Å². The molecule has 10 heteroatoms. The number of carboxylic acids is 1. The van der Waals surface area contributed by atoms with E-state index in [1.807, 2.05) is 0 Å². The van der Waals surface area contributed by atoms with Crippen LogP contribution >= 0.6 is 0 Å². The van der Waals surface area contributed by atoms with Crippen molar-refractivity contribution in [1.82, 2.24) is 4.90 Å². The first kappa shape index (κ1) is 23.4. The van der Waals surface area contributed by atoms with E-state index in [4.69, 9.17) is 19.3 Å². The smallest absolute Gasteiger partial charge is 0.323 e. The number of anilines is 2. The van der Waals surface area contributed by atoms with Gasteiger partial charge in [0.1, 0.15) is 24.2 Å². The van der Waals surface area contributed by atoms with Crippen molar-refractivity contribution in [3.05, 3.63) is 48.0 Å². The molecule has 2 heterocycles. The molecule has 0 aliphatic carbocycles. The lowest BCUT2D eigenvalue weighted by Crippen LogP contribution is -2.53. The van der Waals surface area contributed by atoms with Crippen molar-refractivity contribution in [3.8, 4) is 11.5 Å². The summed E-state index contributed by atoms with van der Waals surface area (Å²) in [6.07, 6.45) is 0.254. The maximum atomic E-state index is 13.3. The molecular formula is C24H27N3O7. The Balaban J connectivity index is 1.47. The van der Waals surface area contributed by atoms with Crippen molar-refractivity contribution >= 4 is 29.3 Å². The number of aliphatic carboxylic acids is 1. The van der Waals surface area contributed by atoms with Crippen LogP contribution in [0.1, 0.15) is 29.6 Å². The van der Waals surface area contributed by atoms with E-state index in [1.54, 1.807) is 61.5 Å². The number of fused-ring (bicyclic) bond motifs is 2. The highest BCUT2D eigenvalue weighted by Crippen LogP contribution is 2.32. The number of amides is 3. The number of hydrogen-bond donors (Lipinski definition) is 3. The Morgan fingerprint density at radius 2 is 1.91 bits per heavy atom. The van der Waals surface area contributed by atoms with Gasteiger partial charge in [0, 0.05) is 24.5 Å². The number of benzene rings is 2. The van der Waals surface area contributed by atoms with Gasteiger partial charge >= 0.3 is 12.0 Å². The van der Waals surface area contributed by atoms with Crippen molar-refractivity contribution in [2.24, 2.45) is 0 Å². The lowest BCUT2D eigenvalue weighted by molar-refractivity contribution is -0.148. The summed E-state index contributed by atoms with van der Waals surface area (Å²) in [5, 5.41) is 14.5. The highest BCUT2D eigenvalue weighted by molar-refractivity contribution is 6.02. The zero-order chi connectivity index (χ0) is 24.2. The Kier molecular flexibility index (Phi) is 6.87. The summed E-state index contributed by atoms with van der Waals surface area (Å²) in [5.74, 6) is -0.190. The predicted molar refractivity (Wildman–Crippen MR) is 124 cm³/mol. The minimum atomic E-state index is -0.916. The summed E-state index contributed by atoms with van der Waals surface area (Å²) in [6, 6.07) is 11.1. The highest BCUT2D eigenvalue weighted by Gasteiger charge is 2.39. The number of nitrogens with zero attached hydrogens (tertiary/aromatic N) is 1. The predicted octanol–water partition coefficient (Wildman–Crippen LogP) is 3.19. The maximum absolute atomic E-state index is 13.3. The molecule has 0 spiro atoms. The summed E-state index contributed by atoms with van der Waals surface area (Å²) in [6.45, 7) is 0.189. The van der Waals surface area contributed by atoms with E-state index >= 15 is 0 Å². The summed E-state index contributed by atoms with van der Waals surface area (Å²) in [4.78, 5) is 38.4. The van der Waals surface area contributed by atoms with Crippen LogP contribution in [0, 0.1) is 0 Å². The van der Waals surface area contributed by atoms with Crippen LogP contribution in [0.3, 0.4) is 0 Å². The molecule has 3 amide bonds. The number of methoxy groups -OCH3 is 1. The fourth-order valence-corrected chi connectivity index (χ4v) is 4.29. The molecule has 180 valence electrons. The SMILES string of the molecule is COc1cccc(NC(=O)Nc2ccc3c(c2)C(=O)N(C)[C@@H]2CC[C@H](CC(=O)O)O[C@@H]2CO3)c1. The van der Waals surface area contributed by atoms with Crippen LogP contribution in [0.25, 0.3) is 0 Å². The fourth-order valence-electron chi connectivity index (χ4n) is 4.29. The van der Waals surface area contributed by atoms with Gasteiger partial charge in [0.2, 0.25) is 0 Å². The summed E-state index contributed by atoms with van der Waals surface area (Å²) >= 11 is 0. The van der Waals surface area contributed by atoms with Gasteiger partial charge in [-0.3, -0.25) is 9.59 Å². The summed E-state index contributed by atoms with van der Waals surface area (Å²) in [5.41, 5.74) is 1.32.